The summed E-state index contributed by atoms with van der Waals surface area (Å²) < 4.78 is 0. The third-order valence-electron chi connectivity index (χ3n) is 4.57. The molecule has 0 radical (unpaired) electrons. The van der Waals surface area contributed by atoms with Crippen LogP contribution in [0.5, 0.6) is 5.75 Å². The van der Waals surface area contributed by atoms with E-state index in [2.05, 4.69) is 16.0 Å². The van der Waals surface area contributed by atoms with E-state index in [0.29, 0.717) is 0 Å². The maximum absolute atomic E-state index is 9.86. The van der Waals surface area contributed by atoms with E-state index in [1.807, 2.05) is 42.7 Å². The number of halogens is 1. The Balaban J connectivity index is 1.98. The number of aromatic amines is 2. The average Bonchev–Trinajstić information content (AvgIpc) is 3.18. The van der Waals surface area contributed by atoms with Crippen molar-refractivity contribution in [3.05, 3.63) is 65.9 Å². The molecule has 2 aromatic heterocycles. The molecule has 0 amide bonds. The van der Waals surface area contributed by atoms with Crippen LogP contribution in [0.1, 0.15) is 0 Å². The van der Waals surface area contributed by atoms with Crippen LogP contribution in [0.25, 0.3) is 43.7 Å². The Kier molecular flexibility index (Phi) is 2.70. The first kappa shape index (κ1) is 13.5. The monoisotopic (exact) mass is 332 g/mol. The minimum absolute atomic E-state index is 0.266. The fraction of sp³-hybridized carbons (Fsp3) is 0. The number of rotatable bonds is 1. The maximum atomic E-state index is 9.86. The summed E-state index contributed by atoms with van der Waals surface area (Å²) >= 11 is 6.42. The first-order chi connectivity index (χ1) is 11.7. The standard InChI is InChI=1S/C20H13ClN2O/c21-17-4-2-1-3-12(17)13-8-19-20(16-10-22-9-15(13)16)14-7-11(24)5-6-18(14)23-19/h1-10,22-24H. The van der Waals surface area contributed by atoms with Gasteiger partial charge in [-0.05, 0) is 35.9 Å². The maximum Gasteiger partial charge on any atom is 0.116 e. The second kappa shape index (κ2) is 4.79. The minimum atomic E-state index is 0.266. The molecule has 0 aliphatic heterocycles. The zero-order valence-electron chi connectivity index (χ0n) is 12.6. The predicted octanol–water partition coefficient (Wildman–Crippen LogP) is 5.83. The Morgan fingerprint density at radius 2 is 1.62 bits per heavy atom. The molecule has 116 valence electrons. The largest absolute Gasteiger partial charge is 0.508 e. The number of aromatic nitrogens is 2. The van der Waals surface area contributed by atoms with E-state index in [4.69, 9.17) is 11.6 Å². The smallest absolute Gasteiger partial charge is 0.116 e. The van der Waals surface area contributed by atoms with Gasteiger partial charge in [0.2, 0.25) is 0 Å². The molecule has 0 aliphatic rings. The van der Waals surface area contributed by atoms with E-state index in [9.17, 15) is 5.11 Å². The average molecular weight is 333 g/mol. The summed E-state index contributed by atoms with van der Waals surface area (Å²) in [6.45, 7) is 0. The number of aromatic hydroxyl groups is 1. The Morgan fingerprint density at radius 3 is 2.50 bits per heavy atom. The van der Waals surface area contributed by atoms with Gasteiger partial charge in [0.15, 0.2) is 0 Å². The molecule has 3 aromatic carbocycles. The van der Waals surface area contributed by atoms with Crippen molar-refractivity contribution in [3.63, 3.8) is 0 Å². The molecule has 0 aliphatic carbocycles. The molecular weight excluding hydrogens is 320 g/mol. The topological polar surface area (TPSA) is 51.8 Å². The van der Waals surface area contributed by atoms with E-state index in [-0.39, 0.29) is 5.75 Å². The molecule has 0 saturated heterocycles. The van der Waals surface area contributed by atoms with Crippen LogP contribution < -0.4 is 0 Å². The van der Waals surface area contributed by atoms with Gasteiger partial charge in [-0.1, -0.05) is 29.8 Å². The van der Waals surface area contributed by atoms with E-state index in [0.717, 1.165) is 48.7 Å². The number of H-pyrrole nitrogens is 2. The van der Waals surface area contributed by atoms with Crippen LogP contribution in [0.15, 0.2) is 60.9 Å². The molecule has 24 heavy (non-hydrogen) atoms. The quantitative estimate of drug-likeness (QED) is 0.355. The van der Waals surface area contributed by atoms with Gasteiger partial charge in [-0.15, -0.1) is 0 Å². The van der Waals surface area contributed by atoms with Gasteiger partial charge in [0.1, 0.15) is 5.75 Å². The molecule has 0 atom stereocenters. The Morgan fingerprint density at radius 1 is 0.792 bits per heavy atom. The molecule has 0 bridgehead atoms. The number of phenolic OH excluding ortho intramolecular Hbond substituents is 1. The lowest BCUT2D eigenvalue weighted by Crippen LogP contribution is -1.82. The Labute approximate surface area is 142 Å². The molecule has 0 saturated carbocycles. The van der Waals surface area contributed by atoms with Gasteiger partial charge in [0.25, 0.3) is 0 Å². The molecule has 0 fully saturated rings. The fourth-order valence-electron chi connectivity index (χ4n) is 3.52. The lowest BCUT2D eigenvalue weighted by Gasteiger charge is -2.07. The van der Waals surface area contributed by atoms with Crippen molar-refractivity contribution in [3.8, 4) is 16.9 Å². The van der Waals surface area contributed by atoms with Crippen molar-refractivity contribution in [2.75, 3.05) is 0 Å². The summed E-state index contributed by atoms with van der Waals surface area (Å²) in [5.41, 5.74) is 4.12. The summed E-state index contributed by atoms with van der Waals surface area (Å²) in [5, 5.41) is 14.9. The summed E-state index contributed by atoms with van der Waals surface area (Å²) in [6, 6.07) is 15.4. The minimum Gasteiger partial charge on any atom is -0.508 e. The number of fused-ring (bicyclic) bond motifs is 5. The number of phenols is 1. The van der Waals surface area contributed by atoms with Gasteiger partial charge in [0, 0.05) is 55.6 Å². The van der Waals surface area contributed by atoms with Crippen LogP contribution in [0.3, 0.4) is 0 Å². The van der Waals surface area contributed by atoms with E-state index in [1.165, 1.54) is 0 Å². The highest BCUT2D eigenvalue weighted by Crippen LogP contribution is 2.40. The molecule has 0 unspecified atom stereocenters. The highest BCUT2D eigenvalue weighted by molar-refractivity contribution is 6.34. The number of hydrogen-bond donors (Lipinski definition) is 3. The third kappa shape index (κ3) is 1.79. The lowest BCUT2D eigenvalue weighted by atomic mass is 9.97. The third-order valence-corrected chi connectivity index (χ3v) is 4.90. The van der Waals surface area contributed by atoms with Crippen LogP contribution in [0.4, 0.5) is 0 Å². The normalized spacial score (nSPS) is 11.7. The van der Waals surface area contributed by atoms with Crippen LogP contribution in [-0.2, 0) is 0 Å². The second-order valence-corrected chi connectivity index (χ2v) is 6.37. The first-order valence-electron chi connectivity index (χ1n) is 7.71. The zero-order chi connectivity index (χ0) is 16.3. The molecule has 0 spiro atoms. The van der Waals surface area contributed by atoms with Gasteiger partial charge >= 0.3 is 0 Å². The van der Waals surface area contributed by atoms with Gasteiger partial charge in [0.05, 0.1) is 0 Å². The number of benzene rings is 3. The molecular formula is C20H13ClN2O. The van der Waals surface area contributed by atoms with Gasteiger partial charge < -0.3 is 15.1 Å². The molecule has 2 heterocycles. The SMILES string of the molecule is Oc1ccc2[nH]c3cc(-c4ccccc4Cl)c4c[nH]cc4c3c2c1. The molecule has 3 N–H and O–H groups in total. The first-order valence-corrected chi connectivity index (χ1v) is 8.09. The molecule has 3 nitrogen and oxygen atoms in total. The van der Waals surface area contributed by atoms with Crippen LogP contribution in [0, 0.1) is 0 Å². The number of nitrogens with one attached hydrogen (secondary N) is 2. The van der Waals surface area contributed by atoms with Crippen LogP contribution in [0.2, 0.25) is 5.02 Å². The van der Waals surface area contributed by atoms with E-state index < -0.39 is 0 Å². The molecule has 4 heteroatoms. The van der Waals surface area contributed by atoms with Gasteiger partial charge in [-0.25, -0.2) is 0 Å². The van der Waals surface area contributed by atoms with Crippen molar-refractivity contribution in [1.82, 2.24) is 9.97 Å². The van der Waals surface area contributed by atoms with Crippen molar-refractivity contribution < 1.29 is 5.11 Å². The van der Waals surface area contributed by atoms with Crippen LogP contribution >= 0.6 is 11.6 Å². The summed E-state index contributed by atoms with van der Waals surface area (Å²) in [4.78, 5) is 6.66. The second-order valence-electron chi connectivity index (χ2n) is 5.96. The Hall–Kier alpha value is -2.91. The summed E-state index contributed by atoms with van der Waals surface area (Å²) in [7, 11) is 0. The van der Waals surface area contributed by atoms with Crippen molar-refractivity contribution >= 4 is 44.2 Å². The van der Waals surface area contributed by atoms with E-state index >= 15 is 0 Å². The lowest BCUT2D eigenvalue weighted by molar-refractivity contribution is 0.476. The predicted molar refractivity (Wildman–Crippen MR) is 99.8 cm³/mol. The van der Waals surface area contributed by atoms with Crippen molar-refractivity contribution in [2.45, 2.75) is 0 Å². The summed E-state index contributed by atoms with van der Waals surface area (Å²) in [6.07, 6.45) is 3.99. The fourth-order valence-corrected chi connectivity index (χ4v) is 3.75. The molecule has 5 rings (SSSR count). The van der Waals surface area contributed by atoms with Crippen LogP contribution in [-0.4, -0.2) is 15.1 Å². The van der Waals surface area contributed by atoms with Crippen molar-refractivity contribution in [2.24, 2.45) is 0 Å². The van der Waals surface area contributed by atoms with Gasteiger partial charge in [-0.3, -0.25) is 0 Å². The number of hydrogen-bond acceptors (Lipinski definition) is 1. The van der Waals surface area contributed by atoms with Gasteiger partial charge in [-0.2, -0.15) is 0 Å². The summed E-state index contributed by atoms with van der Waals surface area (Å²) in [5.74, 6) is 0.266. The molecule has 5 aromatic rings. The highest BCUT2D eigenvalue weighted by atomic mass is 35.5. The van der Waals surface area contributed by atoms with E-state index in [1.54, 1.807) is 12.1 Å². The van der Waals surface area contributed by atoms with Crippen molar-refractivity contribution in [1.29, 1.82) is 0 Å². The Bertz CT molecular complexity index is 1230. The zero-order valence-corrected chi connectivity index (χ0v) is 13.4. The highest BCUT2D eigenvalue weighted by Gasteiger charge is 2.15.